The van der Waals surface area contributed by atoms with Crippen LogP contribution in [-0.2, 0) is 0 Å². The van der Waals surface area contributed by atoms with Crippen LogP contribution in [0.4, 0.5) is 0 Å². The zero-order valence-corrected chi connectivity index (χ0v) is 8.73. The fourth-order valence-corrected chi connectivity index (χ4v) is 6.32. The molecule has 2 atom stereocenters. The predicted molar refractivity (Wildman–Crippen MR) is 57.3 cm³/mol. The van der Waals surface area contributed by atoms with Crippen LogP contribution in [0.15, 0.2) is 12.7 Å². The molecule has 0 aliphatic carbocycles. The van der Waals surface area contributed by atoms with Crippen molar-refractivity contribution >= 4 is 7.92 Å². The van der Waals surface area contributed by atoms with E-state index in [9.17, 15) is 0 Å². The molecule has 0 aromatic rings. The molecule has 12 heavy (non-hydrogen) atoms. The Morgan fingerprint density at radius 2 is 1.67 bits per heavy atom. The predicted octanol–water partition coefficient (Wildman–Crippen LogP) is 3.76. The molecule has 0 radical (unpaired) electrons. The van der Waals surface area contributed by atoms with Gasteiger partial charge >= 0.3 is 0 Å². The van der Waals surface area contributed by atoms with Crippen LogP contribution in [0.25, 0.3) is 0 Å². The van der Waals surface area contributed by atoms with Crippen LogP contribution in [0.3, 0.4) is 0 Å². The van der Waals surface area contributed by atoms with Gasteiger partial charge in [-0.3, -0.25) is 0 Å². The highest BCUT2D eigenvalue weighted by molar-refractivity contribution is 7.59. The molecule has 2 unspecified atom stereocenters. The van der Waals surface area contributed by atoms with Gasteiger partial charge in [0.15, 0.2) is 0 Å². The van der Waals surface area contributed by atoms with E-state index in [1.807, 2.05) is 0 Å². The van der Waals surface area contributed by atoms with E-state index >= 15 is 0 Å². The number of hydrogen-bond acceptors (Lipinski definition) is 0. The second-order valence-corrected chi connectivity index (χ2v) is 7.01. The molecule has 0 aromatic carbocycles. The van der Waals surface area contributed by atoms with Crippen LogP contribution in [0.2, 0.25) is 0 Å². The average molecular weight is 182 g/mol. The van der Waals surface area contributed by atoms with E-state index in [2.05, 4.69) is 12.7 Å². The minimum atomic E-state index is 0.372. The zero-order chi connectivity index (χ0) is 8.39. The standard InChI is InChI=1S/C11H19P/c1-2-9-12-10-5-3-4-6-11(12)8-7-10/h2,10-11H,1,3-9H2. The molecular formula is C11H19P. The third-order valence-corrected chi connectivity index (χ3v) is 7.02. The Labute approximate surface area is 77.2 Å². The van der Waals surface area contributed by atoms with Gasteiger partial charge in [-0.15, -0.1) is 6.58 Å². The van der Waals surface area contributed by atoms with Gasteiger partial charge in [0.05, 0.1) is 0 Å². The zero-order valence-electron chi connectivity index (χ0n) is 7.84. The lowest BCUT2D eigenvalue weighted by molar-refractivity contribution is 0.556. The first-order valence-electron chi connectivity index (χ1n) is 5.28. The van der Waals surface area contributed by atoms with Gasteiger partial charge in [0, 0.05) is 0 Å². The third-order valence-electron chi connectivity index (χ3n) is 3.44. The Kier molecular flexibility index (Phi) is 2.86. The summed E-state index contributed by atoms with van der Waals surface area (Å²) in [6.07, 6.45) is 12.7. The summed E-state index contributed by atoms with van der Waals surface area (Å²) < 4.78 is 0. The summed E-state index contributed by atoms with van der Waals surface area (Å²) in [5, 5.41) is 0. The minimum absolute atomic E-state index is 0.372. The van der Waals surface area contributed by atoms with Crippen LogP contribution in [-0.4, -0.2) is 17.5 Å². The van der Waals surface area contributed by atoms with E-state index in [1.54, 1.807) is 12.8 Å². The first-order valence-corrected chi connectivity index (χ1v) is 6.95. The molecule has 0 amide bonds. The summed E-state index contributed by atoms with van der Waals surface area (Å²) >= 11 is 0. The van der Waals surface area contributed by atoms with E-state index in [0.29, 0.717) is 7.92 Å². The maximum absolute atomic E-state index is 3.90. The van der Waals surface area contributed by atoms with Gasteiger partial charge in [-0.25, -0.2) is 0 Å². The van der Waals surface area contributed by atoms with Crippen molar-refractivity contribution in [2.45, 2.75) is 49.8 Å². The van der Waals surface area contributed by atoms with Crippen LogP contribution in [0.1, 0.15) is 38.5 Å². The number of hydrogen-bond donors (Lipinski definition) is 0. The Bertz CT molecular complexity index is 150. The van der Waals surface area contributed by atoms with Gasteiger partial charge in [-0.1, -0.05) is 26.8 Å². The van der Waals surface area contributed by atoms with Crippen molar-refractivity contribution in [1.82, 2.24) is 0 Å². The quantitative estimate of drug-likeness (QED) is 0.450. The molecule has 2 aliphatic heterocycles. The number of allylic oxidation sites excluding steroid dienone is 1. The van der Waals surface area contributed by atoms with Gasteiger partial charge < -0.3 is 0 Å². The molecule has 0 saturated carbocycles. The van der Waals surface area contributed by atoms with Crippen molar-refractivity contribution in [3.8, 4) is 0 Å². The van der Waals surface area contributed by atoms with Gasteiger partial charge in [0.2, 0.25) is 0 Å². The van der Waals surface area contributed by atoms with Crippen molar-refractivity contribution in [3.05, 3.63) is 12.7 Å². The van der Waals surface area contributed by atoms with E-state index in [-0.39, 0.29) is 0 Å². The van der Waals surface area contributed by atoms with Gasteiger partial charge in [-0.2, -0.15) is 0 Å². The summed E-state index contributed by atoms with van der Waals surface area (Å²) in [7, 11) is 0.372. The minimum Gasteiger partial charge on any atom is -0.103 e. The topological polar surface area (TPSA) is 0 Å². The van der Waals surface area contributed by atoms with Crippen LogP contribution in [0.5, 0.6) is 0 Å². The normalized spacial score (nSPS) is 40.8. The lowest BCUT2D eigenvalue weighted by Crippen LogP contribution is -2.01. The van der Waals surface area contributed by atoms with Crippen molar-refractivity contribution in [2.24, 2.45) is 0 Å². The van der Waals surface area contributed by atoms with E-state index in [4.69, 9.17) is 0 Å². The Morgan fingerprint density at radius 1 is 1.08 bits per heavy atom. The molecule has 2 saturated heterocycles. The smallest absolute Gasteiger partial charge is 0.0142 e. The molecule has 0 aromatic heterocycles. The van der Waals surface area contributed by atoms with Gasteiger partial charge in [0.1, 0.15) is 0 Å². The van der Waals surface area contributed by atoms with Crippen LogP contribution in [0, 0.1) is 0 Å². The fourth-order valence-electron chi connectivity index (χ4n) is 2.84. The largest absolute Gasteiger partial charge is 0.103 e. The number of fused-ring (bicyclic) bond motifs is 2. The second-order valence-electron chi connectivity index (χ2n) is 4.15. The van der Waals surface area contributed by atoms with E-state index < -0.39 is 0 Å². The Hall–Kier alpha value is 0.170. The highest BCUT2D eigenvalue weighted by Gasteiger charge is 2.35. The second kappa shape index (κ2) is 3.92. The van der Waals surface area contributed by atoms with Crippen molar-refractivity contribution in [3.63, 3.8) is 0 Å². The first-order chi connectivity index (χ1) is 5.92. The first kappa shape index (κ1) is 8.75. The maximum atomic E-state index is 3.90. The SMILES string of the molecule is C=CCP1C2CCCCC1CC2. The molecule has 0 spiro atoms. The maximum Gasteiger partial charge on any atom is -0.0142 e. The molecule has 1 heteroatoms. The molecular weight excluding hydrogens is 163 g/mol. The third kappa shape index (κ3) is 1.59. The van der Waals surface area contributed by atoms with Gasteiger partial charge in [0.25, 0.3) is 0 Å². The highest BCUT2D eigenvalue weighted by Crippen LogP contribution is 2.60. The van der Waals surface area contributed by atoms with Crippen LogP contribution < -0.4 is 0 Å². The van der Waals surface area contributed by atoms with Crippen LogP contribution >= 0.6 is 7.92 Å². The van der Waals surface area contributed by atoms with Crippen molar-refractivity contribution in [1.29, 1.82) is 0 Å². The Morgan fingerprint density at radius 3 is 2.17 bits per heavy atom. The summed E-state index contributed by atoms with van der Waals surface area (Å²) in [5.74, 6) is 0. The summed E-state index contributed by atoms with van der Waals surface area (Å²) in [6.45, 7) is 3.90. The molecule has 2 heterocycles. The fraction of sp³-hybridized carbons (Fsp3) is 0.818. The molecule has 68 valence electrons. The lowest BCUT2D eigenvalue weighted by Gasteiger charge is -2.21. The molecule has 2 rings (SSSR count). The van der Waals surface area contributed by atoms with Gasteiger partial charge in [-0.05, 0) is 43.2 Å². The van der Waals surface area contributed by atoms with E-state index in [0.717, 1.165) is 11.3 Å². The molecule has 2 bridgehead atoms. The summed E-state index contributed by atoms with van der Waals surface area (Å²) in [6, 6.07) is 0. The summed E-state index contributed by atoms with van der Waals surface area (Å²) in [5.41, 5.74) is 2.26. The monoisotopic (exact) mass is 182 g/mol. The average Bonchev–Trinajstić information content (AvgIpc) is 2.26. The number of rotatable bonds is 2. The summed E-state index contributed by atoms with van der Waals surface area (Å²) in [4.78, 5) is 0. The highest BCUT2D eigenvalue weighted by atomic mass is 31.1. The Balaban J connectivity index is 2.04. The van der Waals surface area contributed by atoms with E-state index in [1.165, 1.54) is 31.8 Å². The molecule has 2 aliphatic rings. The lowest BCUT2D eigenvalue weighted by atomic mass is 10.0. The van der Waals surface area contributed by atoms with Crippen molar-refractivity contribution in [2.75, 3.05) is 6.16 Å². The molecule has 2 fully saturated rings. The molecule has 0 N–H and O–H groups in total. The molecule has 0 nitrogen and oxygen atoms in total. The van der Waals surface area contributed by atoms with Crippen molar-refractivity contribution < 1.29 is 0 Å².